The van der Waals surface area contributed by atoms with E-state index in [9.17, 15) is 35.9 Å². The molecular formula is C30H30F6N4O2. The van der Waals surface area contributed by atoms with Gasteiger partial charge < -0.3 is 10.2 Å². The topological polar surface area (TPSA) is 65.5 Å². The van der Waals surface area contributed by atoms with E-state index in [2.05, 4.69) is 10.3 Å². The van der Waals surface area contributed by atoms with E-state index in [0.29, 0.717) is 50.3 Å². The van der Waals surface area contributed by atoms with Crippen molar-refractivity contribution in [1.29, 1.82) is 0 Å². The van der Waals surface area contributed by atoms with Gasteiger partial charge in [0, 0.05) is 56.7 Å². The summed E-state index contributed by atoms with van der Waals surface area (Å²) in [4.78, 5) is 33.2. The van der Waals surface area contributed by atoms with E-state index in [0.717, 1.165) is 16.7 Å². The molecule has 1 aliphatic heterocycles. The number of carbonyl (C=O) groups excluding carboxylic acids is 2. The summed E-state index contributed by atoms with van der Waals surface area (Å²) in [5.74, 6) is -1.20. The second kappa shape index (κ2) is 12.5. The molecule has 6 nitrogen and oxygen atoms in total. The molecule has 224 valence electrons. The molecule has 1 aliphatic rings. The number of nitrogens with one attached hydrogen (secondary N) is 1. The van der Waals surface area contributed by atoms with Crippen molar-refractivity contribution in [2.75, 3.05) is 32.7 Å². The molecule has 1 atom stereocenters. The number of amides is 2. The number of alkyl halides is 6. The van der Waals surface area contributed by atoms with Gasteiger partial charge in [-0.05, 0) is 67.3 Å². The number of hydrogen-bond donors (Lipinski definition) is 1. The molecule has 2 aromatic carbocycles. The highest BCUT2D eigenvalue weighted by Crippen LogP contribution is 2.37. The van der Waals surface area contributed by atoms with Gasteiger partial charge in [-0.3, -0.25) is 19.5 Å². The Kier molecular flexibility index (Phi) is 9.24. The number of carbonyl (C=O) groups is 2. The molecule has 1 N–H and O–H groups in total. The second-order valence-electron chi connectivity index (χ2n) is 10.4. The third kappa shape index (κ3) is 7.67. The van der Waals surface area contributed by atoms with E-state index >= 15 is 0 Å². The van der Waals surface area contributed by atoms with E-state index in [1.807, 2.05) is 36.9 Å². The molecule has 12 heteroatoms. The van der Waals surface area contributed by atoms with Crippen molar-refractivity contribution >= 4 is 11.8 Å². The lowest BCUT2D eigenvalue weighted by molar-refractivity contribution is -0.143. The quantitative estimate of drug-likeness (QED) is 0.367. The molecule has 2 amide bonds. The van der Waals surface area contributed by atoms with Gasteiger partial charge in [0.2, 0.25) is 0 Å². The maximum atomic E-state index is 13.6. The van der Waals surface area contributed by atoms with Crippen LogP contribution >= 0.6 is 0 Å². The van der Waals surface area contributed by atoms with Gasteiger partial charge in [-0.1, -0.05) is 18.2 Å². The lowest BCUT2D eigenvalue weighted by atomic mass is 9.97. The highest BCUT2D eigenvalue weighted by Gasteiger charge is 2.39. The Bertz CT molecular complexity index is 1390. The lowest BCUT2D eigenvalue weighted by Gasteiger charge is -2.42. The number of rotatable bonds is 7. The third-order valence-corrected chi connectivity index (χ3v) is 7.34. The first-order valence-electron chi connectivity index (χ1n) is 13.3. The Balaban J connectivity index is 1.56. The fourth-order valence-corrected chi connectivity index (χ4v) is 4.94. The zero-order chi connectivity index (χ0) is 30.7. The Labute approximate surface area is 239 Å². The average Bonchev–Trinajstić information content (AvgIpc) is 2.94. The van der Waals surface area contributed by atoms with Crippen LogP contribution in [0.2, 0.25) is 0 Å². The first kappa shape index (κ1) is 31.0. The maximum absolute atomic E-state index is 13.6. The zero-order valence-electron chi connectivity index (χ0n) is 23.0. The SMILES string of the molecule is Cc1ccc(CC2CN(CCNC(=O)c3cccnc3)CCN2C(=O)c2cc(C(F)(F)F)cc(C(F)(F)F)c2)cc1C. The lowest BCUT2D eigenvalue weighted by Crippen LogP contribution is -2.57. The van der Waals surface area contributed by atoms with Gasteiger partial charge in [0.15, 0.2) is 0 Å². The summed E-state index contributed by atoms with van der Waals surface area (Å²) < 4.78 is 80.9. The fourth-order valence-electron chi connectivity index (χ4n) is 4.94. The van der Waals surface area contributed by atoms with E-state index in [1.165, 1.54) is 11.1 Å². The van der Waals surface area contributed by atoms with Crippen LogP contribution < -0.4 is 5.32 Å². The number of pyridine rings is 1. The van der Waals surface area contributed by atoms with Crippen molar-refractivity contribution in [3.05, 3.63) is 99.9 Å². The van der Waals surface area contributed by atoms with Gasteiger partial charge in [0.05, 0.1) is 16.7 Å². The van der Waals surface area contributed by atoms with Gasteiger partial charge >= 0.3 is 12.4 Å². The first-order valence-corrected chi connectivity index (χ1v) is 13.3. The number of aromatic nitrogens is 1. The monoisotopic (exact) mass is 592 g/mol. The minimum absolute atomic E-state index is 0.0150. The van der Waals surface area contributed by atoms with Crippen LogP contribution in [0.5, 0.6) is 0 Å². The molecule has 1 unspecified atom stereocenters. The van der Waals surface area contributed by atoms with E-state index in [4.69, 9.17) is 0 Å². The van der Waals surface area contributed by atoms with Gasteiger partial charge in [-0.15, -0.1) is 0 Å². The molecule has 0 saturated carbocycles. The van der Waals surface area contributed by atoms with E-state index in [1.54, 1.807) is 18.3 Å². The van der Waals surface area contributed by atoms with Crippen LogP contribution in [0.1, 0.15) is 48.5 Å². The molecule has 0 bridgehead atoms. The molecule has 3 aromatic rings. The predicted octanol–water partition coefficient (Wildman–Crippen LogP) is 5.54. The number of aryl methyl sites for hydroxylation is 2. The van der Waals surface area contributed by atoms with Crippen LogP contribution in [0.4, 0.5) is 26.3 Å². The Morgan fingerprint density at radius 3 is 2.19 bits per heavy atom. The standard InChI is InChI=1S/C30H30F6N4O2/c1-19-5-6-21(12-20(19)2)13-26-18-39(9-8-38-27(41)22-4-3-7-37-17-22)10-11-40(26)28(42)23-14-24(29(31,32)33)16-25(15-23)30(34,35)36/h3-7,12,14-17,26H,8-11,13,18H2,1-2H3,(H,38,41). The molecule has 1 saturated heterocycles. The highest BCUT2D eigenvalue weighted by atomic mass is 19.4. The normalized spacial score (nSPS) is 16.4. The largest absolute Gasteiger partial charge is 0.416 e. The molecule has 0 aliphatic carbocycles. The number of hydrogen-bond acceptors (Lipinski definition) is 4. The summed E-state index contributed by atoms with van der Waals surface area (Å²) in [6.07, 6.45) is -6.79. The molecule has 1 fully saturated rings. The minimum Gasteiger partial charge on any atom is -0.351 e. The summed E-state index contributed by atoms with van der Waals surface area (Å²) in [5, 5.41) is 2.81. The number of nitrogens with zero attached hydrogens (tertiary/aromatic N) is 3. The van der Waals surface area contributed by atoms with Crippen LogP contribution in [0.25, 0.3) is 0 Å². The Morgan fingerprint density at radius 1 is 0.905 bits per heavy atom. The van der Waals surface area contributed by atoms with Crippen molar-refractivity contribution in [3.8, 4) is 0 Å². The Morgan fingerprint density at radius 2 is 1.60 bits per heavy atom. The third-order valence-electron chi connectivity index (χ3n) is 7.34. The highest BCUT2D eigenvalue weighted by molar-refractivity contribution is 5.95. The number of piperazine rings is 1. The van der Waals surface area contributed by atoms with Crippen molar-refractivity contribution in [1.82, 2.24) is 20.1 Å². The minimum atomic E-state index is -5.06. The molecule has 0 spiro atoms. The molecule has 42 heavy (non-hydrogen) atoms. The maximum Gasteiger partial charge on any atom is 0.416 e. The van der Waals surface area contributed by atoms with Crippen LogP contribution in [0.15, 0.2) is 60.9 Å². The average molecular weight is 593 g/mol. The van der Waals surface area contributed by atoms with Gasteiger partial charge in [-0.2, -0.15) is 26.3 Å². The summed E-state index contributed by atoms with van der Waals surface area (Å²) in [5.41, 5.74) is -0.371. The van der Waals surface area contributed by atoms with Gasteiger partial charge in [0.1, 0.15) is 0 Å². The van der Waals surface area contributed by atoms with Crippen LogP contribution in [0, 0.1) is 13.8 Å². The molecule has 1 aromatic heterocycles. The fraction of sp³-hybridized carbons (Fsp3) is 0.367. The first-order chi connectivity index (χ1) is 19.7. The van der Waals surface area contributed by atoms with Crippen LogP contribution in [0.3, 0.4) is 0 Å². The molecule has 0 radical (unpaired) electrons. The van der Waals surface area contributed by atoms with Crippen molar-refractivity contribution in [2.45, 2.75) is 38.7 Å². The van der Waals surface area contributed by atoms with Gasteiger partial charge in [-0.25, -0.2) is 0 Å². The summed E-state index contributed by atoms with van der Waals surface area (Å²) in [6, 6.07) is 9.48. The molecular weight excluding hydrogens is 562 g/mol. The Hall–Kier alpha value is -3.93. The summed E-state index contributed by atoms with van der Waals surface area (Å²) in [6.45, 7) is 5.32. The van der Waals surface area contributed by atoms with Crippen LogP contribution in [-0.2, 0) is 18.8 Å². The number of halogens is 6. The van der Waals surface area contributed by atoms with Crippen molar-refractivity contribution in [2.24, 2.45) is 0 Å². The number of benzene rings is 2. The van der Waals surface area contributed by atoms with Crippen LogP contribution in [-0.4, -0.2) is 65.4 Å². The zero-order valence-corrected chi connectivity index (χ0v) is 23.0. The predicted molar refractivity (Wildman–Crippen MR) is 144 cm³/mol. The van der Waals surface area contributed by atoms with Crippen molar-refractivity contribution in [3.63, 3.8) is 0 Å². The smallest absolute Gasteiger partial charge is 0.351 e. The summed E-state index contributed by atoms with van der Waals surface area (Å²) >= 11 is 0. The molecule has 2 heterocycles. The van der Waals surface area contributed by atoms with E-state index in [-0.39, 0.29) is 18.5 Å². The van der Waals surface area contributed by atoms with Crippen molar-refractivity contribution < 1.29 is 35.9 Å². The van der Waals surface area contributed by atoms with Gasteiger partial charge in [0.25, 0.3) is 11.8 Å². The summed E-state index contributed by atoms with van der Waals surface area (Å²) in [7, 11) is 0. The molecule has 4 rings (SSSR count). The van der Waals surface area contributed by atoms with E-state index < -0.39 is 41.0 Å². The second-order valence-corrected chi connectivity index (χ2v) is 10.4.